The van der Waals surface area contributed by atoms with Gasteiger partial charge in [-0.3, -0.25) is 0 Å². The summed E-state index contributed by atoms with van der Waals surface area (Å²) < 4.78 is 11.5. The molecule has 1 N–H and O–H groups in total. The van der Waals surface area contributed by atoms with Gasteiger partial charge >= 0.3 is 0 Å². The average Bonchev–Trinajstić information content (AvgIpc) is 2.34. The number of halogens is 1. The molecule has 19 heavy (non-hydrogen) atoms. The number of hydrogen-bond donors (Lipinski definition) is 1. The van der Waals surface area contributed by atoms with Crippen molar-refractivity contribution in [2.24, 2.45) is 0 Å². The maximum atomic E-state index is 5.30. The number of nitrogens with one attached hydrogen (secondary N) is 1. The molecule has 0 aromatic heterocycles. The van der Waals surface area contributed by atoms with E-state index in [9.17, 15) is 0 Å². The van der Waals surface area contributed by atoms with Gasteiger partial charge in [0.1, 0.15) is 0 Å². The summed E-state index contributed by atoms with van der Waals surface area (Å²) in [5.41, 5.74) is 1.19. The topological polar surface area (TPSA) is 30.5 Å². The molecule has 0 unspecified atom stereocenters. The molecule has 0 aliphatic heterocycles. The van der Waals surface area contributed by atoms with Gasteiger partial charge in [0, 0.05) is 16.6 Å². The van der Waals surface area contributed by atoms with Crippen LogP contribution in [0.4, 0.5) is 0 Å². The Kier molecular flexibility index (Phi) is 5.88. The van der Waals surface area contributed by atoms with E-state index in [4.69, 9.17) is 9.47 Å². The average molecular weight is 328 g/mol. The number of benzene rings is 1. The van der Waals surface area contributed by atoms with Crippen molar-refractivity contribution in [3.8, 4) is 11.5 Å². The Morgan fingerprint density at radius 2 is 1.74 bits per heavy atom. The zero-order valence-electron chi connectivity index (χ0n) is 12.2. The summed E-state index contributed by atoms with van der Waals surface area (Å²) in [5, 5.41) is 3.40. The second-order valence-corrected chi connectivity index (χ2v) is 6.12. The van der Waals surface area contributed by atoms with E-state index < -0.39 is 0 Å². The fourth-order valence-electron chi connectivity index (χ4n) is 1.55. The van der Waals surface area contributed by atoms with Gasteiger partial charge < -0.3 is 14.8 Å². The van der Waals surface area contributed by atoms with Crippen molar-refractivity contribution >= 4 is 22.0 Å². The lowest BCUT2D eigenvalue weighted by molar-refractivity contribution is 0.354. The van der Waals surface area contributed by atoms with Crippen molar-refractivity contribution in [2.45, 2.75) is 26.3 Å². The Labute approximate surface area is 124 Å². The van der Waals surface area contributed by atoms with Crippen LogP contribution in [0.2, 0.25) is 0 Å². The summed E-state index contributed by atoms with van der Waals surface area (Å²) >= 11 is 3.54. The van der Waals surface area contributed by atoms with E-state index in [1.54, 1.807) is 14.2 Å². The van der Waals surface area contributed by atoms with Crippen LogP contribution in [0, 0.1) is 0 Å². The zero-order valence-corrected chi connectivity index (χ0v) is 13.8. The van der Waals surface area contributed by atoms with Crippen LogP contribution in [0.3, 0.4) is 0 Å². The molecule has 0 amide bonds. The monoisotopic (exact) mass is 327 g/mol. The maximum Gasteiger partial charge on any atom is 0.161 e. The van der Waals surface area contributed by atoms with Crippen LogP contribution in [0.1, 0.15) is 26.3 Å². The Morgan fingerprint density at radius 3 is 2.26 bits per heavy atom. The minimum Gasteiger partial charge on any atom is -0.493 e. The highest BCUT2D eigenvalue weighted by molar-refractivity contribution is 9.10. The molecule has 106 valence electrons. The molecule has 1 aromatic rings. The summed E-state index contributed by atoms with van der Waals surface area (Å²) in [4.78, 5) is 0. The molecule has 0 saturated carbocycles. The lowest BCUT2D eigenvalue weighted by atomic mass is 10.1. The lowest BCUT2D eigenvalue weighted by Gasteiger charge is -2.19. The molecule has 0 atom stereocenters. The van der Waals surface area contributed by atoms with Gasteiger partial charge in [-0.1, -0.05) is 28.1 Å². The van der Waals surface area contributed by atoms with Crippen LogP contribution in [-0.4, -0.2) is 26.3 Å². The molecular weight excluding hydrogens is 306 g/mol. The largest absolute Gasteiger partial charge is 0.493 e. The molecule has 0 bridgehead atoms. The maximum absolute atomic E-state index is 5.30. The van der Waals surface area contributed by atoms with Gasteiger partial charge in [0.25, 0.3) is 0 Å². The van der Waals surface area contributed by atoms with Crippen molar-refractivity contribution in [1.29, 1.82) is 0 Å². The predicted molar refractivity (Wildman–Crippen MR) is 84.0 cm³/mol. The third kappa shape index (κ3) is 5.25. The van der Waals surface area contributed by atoms with Gasteiger partial charge in [0.05, 0.1) is 14.2 Å². The van der Waals surface area contributed by atoms with E-state index in [1.165, 1.54) is 0 Å². The molecule has 1 aromatic carbocycles. The first-order chi connectivity index (χ1) is 8.87. The van der Waals surface area contributed by atoms with Gasteiger partial charge in [0.15, 0.2) is 11.5 Å². The third-order valence-electron chi connectivity index (χ3n) is 2.55. The van der Waals surface area contributed by atoms with Gasteiger partial charge in [0.2, 0.25) is 0 Å². The first kappa shape index (κ1) is 16.1. The number of hydrogen-bond acceptors (Lipinski definition) is 3. The van der Waals surface area contributed by atoms with Crippen LogP contribution in [0.5, 0.6) is 11.5 Å². The summed E-state index contributed by atoms with van der Waals surface area (Å²) in [5.74, 6) is 1.45. The molecular formula is C15H22BrNO2. The first-order valence-electron chi connectivity index (χ1n) is 6.20. The number of ether oxygens (including phenoxy) is 2. The minimum atomic E-state index is 0.124. The van der Waals surface area contributed by atoms with Crippen LogP contribution in [-0.2, 0) is 0 Å². The highest BCUT2D eigenvalue weighted by Crippen LogP contribution is 2.33. The van der Waals surface area contributed by atoms with Gasteiger partial charge in [-0.2, -0.15) is 0 Å². The smallest absolute Gasteiger partial charge is 0.161 e. The molecule has 0 heterocycles. The lowest BCUT2D eigenvalue weighted by Crippen LogP contribution is -2.35. The first-order valence-corrected chi connectivity index (χ1v) is 7.00. The van der Waals surface area contributed by atoms with E-state index in [0.717, 1.165) is 28.1 Å². The normalized spacial score (nSPS) is 11.9. The van der Waals surface area contributed by atoms with E-state index in [-0.39, 0.29) is 5.54 Å². The highest BCUT2D eigenvalue weighted by atomic mass is 79.9. The molecule has 0 fully saturated rings. The molecule has 0 radical (unpaired) electrons. The Bertz CT molecular complexity index is 450. The molecule has 4 heteroatoms. The van der Waals surface area contributed by atoms with E-state index >= 15 is 0 Å². The van der Waals surface area contributed by atoms with Crippen LogP contribution < -0.4 is 14.8 Å². The van der Waals surface area contributed by atoms with Gasteiger partial charge in [-0.15, -0.1) is 0 Å². The molecule has 3 nitrogen and oxygen atoms in total. The van der Waals surface area contributed by atoms with Crippen molar-refractivity contribution in [3.05, 3.63) is 28.2 Å². The van der Waals surface area contributed by atoms with Crippen molar-refractivity contribution < 1.29 is 9.47 Å². The SMILES string of the molecule is COc1cc(Br)c(C=CCNC(C)(C)C)cc1OC. The predicted octanol–water partition coefficient (Wildman–Crippen LogP) is 3.87. The van der Waals surface area contributed by atoms with Crippen LogP contribution >= 0.6 is 15.9 Å². The zero-order chi connectivity index (χ0) is 14.5. The Morgan fingerprint density at radius 1 is 1.16 bits per heavy atom. The fraction of sp³-hybridized carbons (Fsp3) is 0.467. The summed E-state index contributed by atoms with van der Waals surface area (Å²) in [7, 11) is 3.27. The number of rotatable bonds is 5. The fourth-order valence-corrected chi connectivity index (χ4v) is 2.00. The Hall–Kier alpha value is -1.00. The van der Waals surface area contributed by atoms with Crippen molar-refractivity contribution in [3.63, 3.8) is 0 Å². The third-order valence-corrected chi connectivity index (χ3v) is 3.24. The standard InChI is InChI=1S/C15H22BrNO2/c1-15(2,3)17-8-6-7-11-9-13(18-4)14(19-5)10-12(11)16/h6-7,9-10,17H,8H2,1-5H3. The number of methoxy groups -OCH3 is 2. The molecule has 1 rings (SSSR count). The molecule has 0 aliphatic carbocycles. The van der Waals surface area contributed by atoms with Gasteiger partial charge in [-0.05, 0) is 38.5 Å². The second-order valence-electron chi connectivity index (χ2n) is 5.26. The minimum absolute atomic E-state index is 0.124. The quantitative estimate of drug-likeness (QED) is 0.890. The van der Waals surface area contributed by atoms with E-state index in [1.807, 2.05) is 12.1 Å². The van der Waals surface area contributed by atoms with Crippen LogP contribution in [0.15, 0.2) is 22.7 Å². The summed E-state index contributed by atoms with van der Waals surface area (Å²) in [6.07, 6.45) is 4.15. The highest BCUT2D eigenvalue weighted by Gasteiger charge is 2.08. The van der Waals surface area contributed by atoms with Crippen molar-refractivity contribution in [1.82, 2.24) is 5.32 Å². The summed E-state index contributed by atoms with van der Waals surface area (Å²) in [6.45, 7) is 7.26. The van der Waals surface area contributed by atoms with Crippen molar-refractivity contribution in [2.75, 3.05) is 20.8 Å². The van der Waals surface area contributed by atoms with E-state index in [2.05, 4.69) is 54.2 Å². The second kappa shape index (κ2) is 6.96. The summed E-state index contributed by atoms with van der Waals surface area (Å²) in [6, 6.07) is 3.87. The Balaban J connectivity index is 2.81. The van der Waals surface area contributed by atoms with Crippen LogP contribution in [0.25, 0.3) is 6.08 Å². The van der Waals surface area contributed by atoms with Gasteiger partial charge in [-0.25, -0.2) is 0 Å². The molecule has 0 saturated heterocycles. The van der Waals surface area contributed by atoms with E-state index in [0.29, 0.717) is 0 Å². The molecule has 0 spiro atoms. The molecule has 0 aliphatic rings.